The van der Waals surface area contributed by atoms with Crippen LogP contribution in [0.4, 0.5) is 13.6 Å². The third-order valence-electron chi connectivity index (χ3n) is 4.82. The monoisotopic (exact) mass is 362 g/mol. The fourth-order valence-electron chi connectivity index (χ4n) is 3.33. The number of carbonyl (C=O) groups is 1. The maximum Gasteiger partial charge on any atom is 0.317 e. The molecule has 1 aliphatic heterocycles. The Labute approximate surface area is 152 Å². The number of nitrogens with one attached hydrogen (secondary N) is 1. The van der Waals surface area contributed by atoms with Crippen LogP contribution in [0.1, 0.15) is 30.1 Å². The van der Waals surface area contributed by atoms with Gasteiger partial charge in [-0.15, -0.1) is 0 Å². The lowest BCUT2D eigenvalue weighted by Gasteiger charge is -2.33. The van der Waals surface area contributed by atoms with Crippen LogP contribution in [0, 0.1) is 18.7 Å². The highest BCUT2D eigenvalue weighted by Gasteiger charge is 2.30. The smallest absolute Gasteiger partial charge is 0.317 e. The van der Waals surface area contributed by atoms with E-state index in [9.17, 15) is 13.6 Å². The summed E-state index contributed by atoms with van der Waals surface area (Å²) in [7, 11) is 0. The van der Waals surface area contributed by atoms with E-state index in [2.05, 4.69) is 10.4 Å². The number of rotatable bonds is 5. The zero-order valence-corrected chi connectivity index (χ0v) is 14.9. The summed E-state index contributed by atoms with van der Waals surface area (Å²) in [6, 6.07) is 5.84. The largest absolute Gasteiger partial charge is 0.336 e. The molecule has 0 bridgehead atoms. The molecule has 1 atom stereocenters. The highest BCUT2D eigenvalue weighted by molar-refractivity contribution is 5.74. The summed E-state index contributed by atoms with van der Waals surface area (Å²) in [6.45, 7) is 4.01. The average molecular weight is 362 g/mol. The van der Waals surface area contributed by atoms with Crippen molar-refractivity contribution in [3.63, 3.8) is 0 Å². The van der Waals surface area contributed by atoms with Gasteiger partial charge in [0.15, 0.2) is 0 Å². The highest BCUT2D eigenvalue weighted by Crippen LogP contribution is 2.34. The zero-order chi connectivity index (χ0) is 18.5. The van der Waals surface area contributed by atoms with E-state index >= 15 is 0 Å². The molecule has 0 aliphatic carbocycles. The van der Waals surface area contributed by atoms with E-state index in [0.717, 1.165) is 5.56 Å². The van der Waals surface area contributed by atoms with Crippen LogP contribution in [0.5, 0.6) is 0 Å². The molecule has 26 heavy (non-hydrogen) atoms. The van der Waals surface area contributed by atoms with Crippen LogP contribution in [0.3, 0.4) is 0 Å². The minimum atomic E-state index is -1.33. The lowest BCUT2D eigenvalue weighted by molar-refractivity contribution is 0.126. The van der Waals surface area contributed by atoms with Gasteiger partial charge >= 0.3 is 6.03 Å². The van der Waals surface area contributed by atoms with Crippen LogP contribution in [0.15, 0.2) is 36.7 Å². The van der Waals surface area contributed by atoms with Gasteiger partial charge in [-0.1, -0.05) is 18.2 Å². The molecular weight excluding hydrogens is 338 g/mol. The lowest BCUT2D eigenvalue weighted by atomic mass is 9.88. The minimum Gasteiger partial charge on any atom is -0.336 e. The fraction of sp³-hybridized carbons (Fsp3) is 0.474. The number of benzene rings is 1. The maximum absolute atomic E-state index is 14.6. The number of piperidine rings is 1. The van der Waals surface area contributed by atoms with Crippen molar-refractivity contribution in [3.8, 4) is 0 Å². The van der Waals surface area contributed by atoms with E-state index < -0.39 is 12.0 Å². The fourth-order valence-corrected chi connectivity index (χ4v) is 3.33. The first kappa shape index (κ1) is 18.4. The van der Waals surface area contributed by atoms with Crippen LogP contribution >= 0.6 is 0 Å². The summed E-state index contributed by atoms with van der Waals surface area (Å²) >= 11 is 0. The second-order valence-electron chi connectivity index (χ2n) is 6.76. The number of hydrogen-bond donors (Lipinski definition) is 1. The number of alkyl halides is 1. The third-order valence-corrected chi connectivity index (χ3v) is 4.82. The number of urea groups is 1. The summed E-state index contributed by atoms with van der Waals surface area (Å²) in [5.74, 6) is -0.767. The van der Waals surface area contributed by atoms with Gasteiger partial charge in [-0.25, -0.2) is 13.6 Å². The molecule has 2 aromatic rings. The summed E-state index contributed by atoms with van der Waals surface area (Å²) in [4.78, 5) is 13.9. The average Bonchev–Trinajstić information content (AvgIpc) is 3.07. The Morgan fingerprint density at radius 3 is 2.73 bits per heavy atom. The van der Waals surface area contributed by atoms with Crippen molar-refractivity contribution in [2.24, 2.45) is 5.92 Å². The number of halogens is 2. The molecule has 140 valence electrons. The van der Waals surface area contributed by atoms with Gasteiger partial charge < -0.3 is 10.2 Å². The van der Waals surface area contributed by atoms with E-state index in [4.69, 9.17) is 0 Å². The Balaban J connectivity index is 1.44. The number of aromatic nitrogens is 2. The number of nitrogens with zero attached hydrogens (tertiary/aromatic N) is 3. The van der Waals surface area contributed by atoms with Crippen molar-refractivity contribution in [2.75, 3.05) is 19.6 Å². The second-order valence-corrected chi connectivity index (χ2v) is 6.76. The normalized spacial score (nSPS) is 16.5. The molecule has 1 aromatic heterocycles. The molecule has 1 aliphatic rings. The Morgan fingerprint density at radius 2 is 2.08 bits per heavy atom. The Morgan fingerprint density at radius 1 is 1.35 bits per heavy atom. The molecule has 1 N–H and O–H groups in total. The highest BCUT2D eigenvalue weighted by atomic mass is 19.1. The van der Waals surface area contributed by atoms with Gasteiger partial charge in [-0.05, 0) is 37.3 Å². The van der Waals surface area contributed by atoms with Gasteiger partial charge in [0.25, 0.3) is 0 Å². The first-order valence-corrected chi connectivity index (χ1v) is 8.95. The van der Waals surface area contributed by atoms with Crippen molar-refractivity contribution in [1.29, 1.82) is 0 Å². The number of amides is 2. The van der Waals surface area contributed by atoms with E-state index in [1.807, 2.05) is 13.1 Å². The summed E-state index contributed by atoms with van der Waals surface area (Å²) < 4.78 is 30.2. The van der Waals surface area contributed by atoms with Crippen molar-refractivity contribution >= 4 is 6.03 Å². The van der Waals surface area contributed by atoms with Crippen LogP contribution in [-0.2, 0) is 6.54 Å². The first-order chi connectivity index (χ1) is 12.5. The molecule has 7 heteroatoms. The first-order valence-electron chi connectivity index (χ1n) is 8.95. The minimum absolute atomic E-state index is 0.116. The van der Waals surface area contributed by atoms with Crippen LogP contribution in [0.2, 0.25) is 0 Å². The Hall–Kier alpha value is -2.44. The number of carbonyl (C=O) groups excluding carboxylic acids is 1. The van der Waals surface area contributed by atoms with E-state index in [1.165, 1.54) is 12.1 Å². The standard InChI is InChI=1S/C19H24F2N4O/c1-14-12-23-25(13-14)11-8-22-19(26)24-9-6-15(7-10-24)18(21)16-4-2-3-5-17(16)20/h2-5,12-13,15,18H,6-11H2,1H3,(H,22,26)/t18-/m0/s1. The van der Waals surface area contributed by atoms with Crippen molar-refractivity contribution in [1.82, 2.24) is 20.0 Å². The van der Waals surface area contributed by atoms with Gasteiger partial charge in [0.05, 0.1) is 12.7 Å². The summed E-state index contributed by atoms with van der Waals surface area (Å²) in [5, 5.41) is 7.04. The van der Waals surface area contributed by atoms with Gasteiger partial charge in [0.2, 0.25) is 0 Å². The number of hydrogen-bond acceptors (Lipinski definition) is 2. The molecule has 0 radical (unpaired) electrons. The summed E-state index contributed by atoms with van der Waals surface area (Å²) in [6.07, 6.45) is 3.42. The van der Waals surface area contributed by atoms with Gasteiger partial charge in [0, 0.05) is 31.4 Å². The third kappa shape index (κ3) is 4.39. The summed E-state index contributed by atoms with van der Waals surface area (Å²) in [5.41, 5.74) is 1.19. The van der Waals surface area contributed by atoms with Gasteiger partial charge in [-0.2, -0.15) is 5.10 Å². The molecule has 2 heterocycles. The van der Waals surface area contributed by atoms with Crippen molar-refractivity contribution in [3.05, 3.63) is 53.6 Å². The zero-order valence-electron chi connectivity index (χ0n) is 14.9. The van der Waals surface area contributed by atoms with Crippen LogP contribution < -0.4 is 5.32 Å². The van der Waals surface area contributed by atoms with Crippen LogP contribution in [0.25, 0.3) is 0 Å². The molecule has 1 saturated heterocycles. The predicted molar refractivity (Wildman–Crippen MR) is 94.9 cm³/mol. The SMILES string of the molecule is Cc1cnn(CCNC(=O)N2CCC([C@H](F)c3ccccc3F)CC2)c1. The molecule has 3 rings (SSSR count). The van der Waals surface area contributed by atoms with Gasteiger partial charge in [-0.3, -0.25) is 4.68 Å². The Bertz CT molecular complexity index is 741. The lowest BCUT2D eigenvalue weighted by Crippen LogP contribution is -2.45. The van der Waals surface area contributed by atoms with E-state index in [1.54, 1.807) is 27.9 Å². The van der Waals surface area contributed by atoms with Crippen LogP contribution in [-0.4, -0.2) is 40.3 Å². The maximum atomic E-state index is 14.6. The molecule has 2 amide bonds. The molecule has 0 spiro atoms. The topological polar surface area (TPSA) is 50.2 Å². The molecule has 5 nitrogen and oxygen atoms in total. The van der Waals surface area contributed by atoms with Crippen molar-refractivity contribution in [2.45, 2.75) is 32.5 Å². The predicted octanol–water partition coefficient (Wildman–Crippen LogP) is 3.46. The van der Waals surface area contributed by atoms with E-state index in [0.29, 0.717) is 39.0 Å². The second kappa shape index (κ2) is 8.29. The quantitative estimate of drug-likeness (QED) is 0.886. The Kier molecular flexibility index (Phi) is 5.85. The van der Waals surface area contributed by atoms with E-state index in [-0.39, 0.29) is 17.5 Å². The van der Waals surface area contributed by atoms with Gasteiger partial charge in [0.1, 0.15) is 12.0 Å². The van der Waals surface area contributed by atoms with Crippen molar-refractivity contribution < 1.29 is 13.6 Å². The number of aryl methyl sites for hydroxylation is 1. The molecule has 0 saturated carbocycles. The molecule has 1 fully saturated rings. The molecule has 1 aromatic carbocycles. The molecule has 0 unspecified atom stereocenters. The molecular formula is C19H24F2N4O. The number of likely N-dealkylation sites (tertiary alicyclic amines) is 1.